The Hall–Kier alpha value is -0.0800. The summed E-state index contributed by atoms with van der Waals surface area (Å²) in [5, 5.41) is 0. The van der Waals surface area contributed by atoms with Crippen LogP contribution in [-0.2, 0) is 4.74 Å². The van der Waals surface area contributed by atoms with Gasteiger partial charge in [-0.1, -0.05) is 6.42 Å². The summed E-state index contributed by atoms with van der Waals surface area (Å²) in [6, 6.07) is 0. The molecule has 2 nitrogen and oxygen atoms in total. The normalized spacial score (nSPS) is 22.2. The molecule has 0 radical (unpaired) electrons. The molecule has 1 fully saturated rings. The Labute approximate surface area is 95.0 Å². The second-order valence-corrected chi connectivity index (χ2v) is 5.53. The van der Waals surface area contributed by atoms with Crippen LogP contribution in [0.3, 0.4) is 0 Å². The van der Waals surface area contributed by atoms with Crippen molar-refractivity contribution in [3.8, 4) is 0 Å². The Kier molecular flexibility index (Phi) is 5.07. The molecule has 0 saturated carbocycles. The van der Waals surface area contributed by atoms with E-state index in [2.05, 4.69) is 32.6 Å². The number of ether oxygens (including phenoxy) is 1. The van der Waals surface area contributed by atoms with Crippen molar-refractivity contribution < 1.29 is 4.74 Å². The third-order valence-corrected chi connectivity index (χ3v) is 3.35. The first kappa shape index (κ1) is 13.0. The lowest BCUT2D eigenvalue weighted by Gasteiger charge is -2.42. The smallest absolute Gasteiger partial charge is 0.0518 e. The lowest BCUT2D eigenvalue weighted by atomic mass is 9.90. The second-order valence-electron chi connectivity index (χ2n) is 5.53. The van der Waals surface area contributed by atoms with E-state index in [1.54, 1.807) is 0 Å². The van der Waals surface area contributed by atoms with Crippen LogP contribution in [0.2, 0.25) is 0 Å². The maximum Gasteiger partial charge on any atom is 0.0518 e. The summed E-state index contributed by atoms with van der Waals surface area (Å²) in [4.78, 5) is 2.63. The SMILES string of the molecule is CC(C)OCCCN1CCCCC1(C)C. The molecule has 0 bridgehead atoms. The van der Waals surface area contributed by atoms with Crippen molar-refractivity contribution in [1.29, 1.82) is 0 Å². The standard InChI is InChI=1S/C13H27NO/c1-12(2)15-11-7-10-14-9-6-5-8-13(14,3)4/h12H,5-11H2,1-4H3. The van der Waals surface area contributed by atoms with Gasteiger partial charge in [0.1, 0.15) is 0 Å². The molecular weight excluding hydrogens is 186 g/mol. The molecule has 1 aliphatic rings. The molecule has 0 aromatic carbocycles. The zero-order valence-corrected chi connectivity index (χ0v) is 10.9. The lowest BCUT2D eigenvalue weighted by molar-refractivity contribution is 0.0424. The number of hydrogen-bond donors (Lipinski definition) is 0. The van der Waals surface area contributed by atoms with Crippen LogP contribution in [0.5, 0.6) is 0 Å². The Morgan fingerprint density at radius 3 is 2.60 bits per heavy atom. The van der Waals surface area contributed by atoms with Crippen LogP contribution in [0, 0.1) is 0 Å². The van der Waals surface area contributed by atoms with Crippen LogP contribution >= 0.6 is 0 Å². The van der Waals surface area contributed by atoms with Crippen LogP contribution in [0.25, 0.3) is 0 Å². The van der Waals surface area contributed by atoms with E-state index in [9.17, 15) is 0 Å². The van der Waals surface area contributed by atoms with Crippen molar-refractivity contribution in [2.75, 3.05) is 19.7 Å². The molecule has 0 unspecified atom stereocenters. The molecular formula is C13H27NO. The Morgan fingerprint density at radius 1 is 1.27 bits per heavy atom. The topological polar surface area (TPSA) is 12.5 Å². The molecule has 1 heterocycles. The average molecular weight is 213 g/mol. The molecule has 0 N–H and O–H groups in total. The van der Waals surface area contributed by atoms with Crippen LogP contribution in [0.15, 0.2) is 0 Å². The fraction of sp³-hybridized carbons (Fsp3) is 1.00. The van der Waals surface area contributed by atoms with Crippen molar-refractivity contribution in [3.05, 3.63) is 0 Å². The van der Waals surface area contributed by atoms with E-state index < -0.39 is 0 Å². The highest BCUT2D eigenvalue weighted by molar-refractivity contribution is 4.85. The van der Waals surface area contributed by atoms with Crippen molar-refractivity contribution in [2.45, 2.75) is 65.0 Å². The summed E-state index contributed by atoms with van der Waals surface area (Å²) < 4.78 is 5.57. The minimum atomic E-state index is 0.374. The van der Waals surface area contributed by atoms with Gasteiger partial charge in [0.05, 0.1) is 6.10 Å². The summed E-state index contributed by atoms with van der Waals surface area (Å²) >= 11 is 0. The summed E-state index contributed by atoms with van der Waals surface area (Å²) in [6.07, 6.45) is 5.65. The van der Waals surface area contributed by atoms with Gasteiger partial charge in [-0.05, 0) is 53.5 Å². The van der Waals surface area contributed by atoms with Gasteiger partial charge in [-0.3, -0.25) is 4.90 Å². The second kappa shape index (κ2) is 5.86. The lowest BCUT2D eigenvalue weighted by Crippen LogP contribution is -2.47. The third kappa shape index (κ3) is 4.52. The first-order valence-corrected chi connectivity index (χ1v) is 6.39. The summed E-state index contributed by atoms with van der Waals surface area (Å²) in [7, 11) is 0. The van der Waals surface area contributed by atoms with E-state index in [1.165, 1.54) is 38.8 Å². The highest BCUT2D eigenvalue weighted by atomic mass is 16.5. The molecule has 0 aromatic heterocycles. The van der Waals surface area contributed by atoms with E-state index in [-0.39, 0.29) is 0 Å². The van der Waals surface area contributed by atoms with Gasteiger partial charge < -0.3 is 4.74 Å². The molecule has 0 atom stereocenters. The average Bonchev–Trinajstić information content (AvgIpc) is 2.13. The Balaban J connectivity index is 2.19. The van der Waals surface area contributed by atoms with E-state index in [1.807, 2.05) is 0 Å². The molecule has 1 aliphatic heterocycles. The number of nitrogens with zero attached hydrogens (tertiary/aromatic N) is 1. The third-order valence-electron chi connectivity index (χ3n) is 3.35. The van der Waals surface area contributed by atoms with E-state index in [4.69, 9.17) is 4.74 Å². The first-order chi connectivity index (χ1) is 7.02. The van der Waals surface area contributed by atoms with E-state index in [0.717, 1.165) is 6.61 Å². The predicted octanol–water partition coefficient (Wildman–Crippen LogP) is 3.07. The molecule has 0 amide bonds. The fourth-order valence-corrected chi connectivity index (χ4v) is 2.31. The van der Waals surface area contributed by atoms with Crippen molar-refractivity contribution in [2.24, 2.45) is 0 Å². The minimum absolute atomic E-state index is 0.374. The van der Waals surface area contributed by atoms with E-state index in [0.29, 0.717) is 11.6 Å². The van der Waals surface area contributed by atoms with Gasteiger partial charge in [0, 0.05) is 18.7 Å². The first-order valence-electron chi connectivity index (χ1n) is 6.39. The van der Waals surface area contributed by atoms with Gasteiger partial charge in [0.15, 0.2) is 0 Å². The maximum absolute atomic E-state index is 5.57. The molecule has 2 heteroatoms. The van der Waals surface area contributed by atoms with E-state index >= 15 is 0 Å². The molecule has 0 spiro atoms. The number of rotatable bonds is 5. The summed E-state index contributed by atoms with van der Waals surface area (Å²) in [5.74, 6) is 0. The fourth-order valence-electron chi connectivity index (χ4n) is 2.31. The molecule has 0 aromatic rings. The van der Waals surface area contributed by atoms with Crippen LogP contribution < -0.4 is 0 Å². The number of piperidine rings is 1. The predicted molar refractivity (Wildman–Crippen MR) is 65.2 cm³/mol. The van der Waals surface area contributed by atoms with Crippen LogP contribution in [-0.4, -0.2) is 36.2 Å². The highest BCUT2D eigenvalue weighted by Gasteiger charge is 2.28. The quantitative estimate of drug-likeness (QED) is 0.651. The minimum Gasteiger partial charge on any atom is -0.379 e. The molecule has 0 aliphatic carbocycles. The van der Waals surface area contributed by atoms with Gasteiger partial charge in [0.25, 0.3) is 0 Å². The summed E-state index contributed by atoms with van der Waals surface area (Å²) in [5.41, 5.74) is 0.413. The summed E-state index contributed by atoms with van der Waals surface area (Å²) in [6.45, 7) is 12.3. The Morgan fingerprint density at radius 2 is 2.00 bits per heavy atom. The molecule has 1 saturated heterocycles. The maximum atomic E-state index is 5.57. The number of likely N-dealkylation sites (tertiary alicyclic amines) is 1. The van der Waals surface area contributed by atoms with Crippen LogP contribution in [0.1, 0.15) is 53.4 Å². The molecule has 1 rings (SSSR count). The largest absolute Gasteiger partial charge is 0.379 e. The zero-order valence-electron chi connectivity index (χ0n) is 10.9. The number of hydrogen-bond acceptors (Lipinski definition) is 2. The van der Waals surface area contributed by atoms with Crippen molar-refractivity contribution in [3.63, 3.8) is 0 Å². The zero-order chi connectivity index (χ0) is 11.3. The monoisotopic (exact) mass is 213 g/mol. The van der Waals surface area contributed by atoms with Gasteiger partial charge in [-0.2, -0.15) is 0 Å². The van der Waals surface area contributed by atoms with Gasteiger partial charge in [-0.25, -0.2) is 0 Å². The van der Waals surface area contributed by atoms with Crippen LogP contribution in [0.4, 0.5) is 0 Å². The molecule has 90 valence electrons. The highest BCUT2D eigenvalue weighted by Crippen LogP contribution is 2.26. The molecule has 15 heavy (non-hydrogen) atoms. The van der Waals surface area contributed by atoms with Crippen molar-refractivity contribution >= 4 is 0 Å². The van der Waals surface area contributed by atoms with Gasteiger partial charge in [-0.15, -0.1) is 0 Å². The van der Waals surface area contributed by atoms with Gasteiger partial charge >= 0.3 is 0 Å². The van der Waals surface area contributed by atoms with Crippen molar-refractivity contribution in [1.82, 2.24) is 4.90 Å². The van der Waals surface area contributed by atoms with Gasteiger partial charge in [0.2, 0.25) is 0 Å². The Bertz CT molecular complexity index is 177.